The molecular weight excluding hydrogens is 170 g/mol. The zero-order chi connectivity index (χ0) is 8.72. The van der Waals surface area contributed by atoms with E-state index in [0.29, 0.717) is 0 Å². The van der Waals surface area contributed by atoms with Gasteiger partial charge in [0.2, 0.25) is 0 Å². The maximum Gasteiger partial charge on any atom is 0.0531 e. The highest BCUT2D eigenvalue weighted by molar-refractivity contribution is 6.36. The molecule has 0 aliphatic carbocycles. The molecule has 0 spiro atoms. The average molecular weight is 180 g/mol. The lowest BCUT2D eigenvalue weighted by Gasteiger charge is -1.99. The summed E-state index contributed by atoms with van der Waals surface area (Å²) in [5.74, 6) is 0. The van der Waals surface area contributed by atoms with Crippen LogP contribution in [0.4, 0.5) is 0 Å². The van der Waals surface area contributed by atoms with Gasteiger partial charge in [0.15, 0.2) is 0 Å². The van der Waals surface area contributed by atoms with E-state index in [0.717, 1.165) is 21.5 Å². The molecule has 0 saturated heterocycles. The van der Waals surface area contributed by atoms with E-state index >= 15 is 0 Å². The van der Waals surface area contributed by atoms with Gasteiger partial charge in [0.05, 0.1) is 5.02 Å². The van der Waals surface area contributed by atoms with Crippen LogP contribution in [0, 0.1) is 13.8 Å². The lowest BCUT2D eigenvalue weighted by atomic mass is 10.1. The van der Waals surface area contributed by atoms with Gasteiger partial charge in [-0.25, -0.2) is 0 Å². The molecule has 0 aliphatic rings. The van der Waals surface area contributed by atoms with Crippen molar-refractivity contribution >= 4 is 22.5 Å². The van der Waals surface area contributed by atoms with Crippen LogP contribution in [0.1, 0.15) is 11.1 Å². The van der Waals surface area contributed by atoms with Crippen LogP contribution in [-0.4, -0.2) is 4.98 Å². The van der Waals surface area contributed by atoms with Crippen molar-refractivity contribution in [3.05, 3.63) is 34.5 Å². The fourth-order valence-electron chi connectivity index (χ4n) is 1.44. The first-order valence-corrected chi connectivity index (χ1v) is 4.30. The van der Waals surface area contributed by atoms with Crippen LogP contribution in [0.2, 0.25) is 5.02 Å². The van der Waals surface area contributed by atoms with E-state index in [1.807, 2.05) is 19.2 Å². The number of hydrogen-bond acceptors (Lipinski definition) is 0. The molecule has 2 aromatic rings. The number of aromatic nitrogens is 1. The second-order valence-electron chi connectivity index (χ2n) is 3.09. The van der Waals surface area contributed by atoms with E-state index in [9.17, 15) is 0 Å². The third-order valence-electron chi connectivity index (χ3n) is 2.17. The summed E-state index contributed by atoms with van der Waals surface area (Å²) in [4.78, 5) is 3.17. The number of aryl methyl sites for hydroxylation is 2. The van der Waals surface area contributed by atoms with Gasteiger partial charge in [-0.3, -0.25) is 0 Å². The Morgan fingerprint density at radius 3 is 2.67 bits per heavy atom. The predicted molar refractivity (Wildman–Crippen MR) is 52.8 cm³/mol. The molecule has 0 saturated carbocycles. The second kappa shape index (κ2) is 2.53. The van der Waals surface area contributed by atoms with E-state index in [2.05, 4.69) is 18.0 Å². The van der Waals surface area contributed by atoms with Gasteiger partial charge in [-0.2, -0.15) is 0 Å². The second-order valence-corrected chi connectivity index (χ2v) is 3.47. The number of nitrogens with one attached hydrogen (secondary N) is 1. The van der Waals surface area contributed by atoms with Gasteiger partial charge in [-0.1, -0.05) is 17.7 Å². The zero-order valence-corrected chi connectivity index (χ0v) is 7.87. The minimum absolute atomic E-state index is 0.867. The summed E-state index contributed by atoms with van der Waals surface area (Å²) in [6, 6.07) is 4.09. The van der Waals surface area contributed by atoms with Gasteiger partial charge < -0.3 is 4.98 Å². The Hall–Kier alpha value is -0.950. The SMILES string of the molecule is Cc1ccc2[nH]cc(C)c2c1Cl. The summed E-state index contributed by atoms with van der Waals surface area (Å²) in [6.07, 6.45) is 1.98. The van der Waals surface area contributed by atoms with Crippen LogP contribution in [0.5, 0.6) is 0 Å². The summed E-state index contributed by atoms with van der Waals surface area (Å²) in [5.41, 5.74) is 3.45. The zero-order valence-electron chi connectivity index (χ0n) is 7.11. The molecule has 62 valence electrons. The highest BCUT2D eigenvalue weighted by Crippen LogP contribution is 2.28. The normalized spacial score (nSPS) is 10.9. The minimum atomic E-state index is 0.867. The summed E-state index contributed by atoms with van der Waals surface area (Å²) >= 11 is 6.15. The molecule has 1 N–H and O–H groups in total. The van der Waals surface area contributed by atoms with E-state index < -0.39 is 0 Å². The van der Waals surface area contributed by atoms with Crippen LogP contribution in [-0.2, 0) is 0 Å². The van der Waals surface area contributed by atoms with Gasteiger partial charge in [0.1, 0.15) is 0 Å². The number of fused-ring (bicyclic) bond motifs is 1. The van der Waals surface area contributed by atoms with Gasteiger partial charge in [-0.15, -0.1) is 0 Å². The van der Waals surface area contributed by atoms with E-state index in [1.54, 1.807) is 0 Å². The summed E-state index contributed by atoms with van der Waals surface area (Å²) in [5, 5.41) is 2.02. The number of benzene rings is 1. The van der Waals surface area contributed by atoms with Crippen LogP contribution >= 0.6 is 11.6 Å². The standard InChI is InChI=1S/C10H10ClN/c1-6-3-4-8-9(10(6)11)7(2)5-12-8/h3-5,12H,1-2H3. The smallest absolute Gasteiger partial charge is 0.0531 e. The monoisotopic (exact) mass is 179 g/mol. The van der Waals surface area contributed by atoms with Crippen LogP contribution < -0.4 is 0 Å². The van der Waals surface area contributed by atoms with Gasteiger partial charge >= 0.3 is 0 Å². The molecule has 0 aliphatic heterocycles. The van der Waals surface area contributed by atoms with Gasteiger partial charge in [-0.05, 0) is 31.0 Å². The number of hydrogen-bond donors (Lipinski definition) is 1. The maximum atomic E-state index is 6.15. The third kappa shape index (κ3) is 0.935. The lowest BCUT2D eigenvalue weighted by Crippen LogP contribution is -1.77. The summed E-state index contributed by atoms with van der Waals surface area (Å²) in [6.45, 7) is 4.08. The molecule has 12 heavy (non-hydrogen) atoms. The highest BCUT2D eigenvalue weighted by atomic mass is 35.5. The topological polar surface area (TPSA) is 15.8 Å². The molecule has 0 amide bonds. The van der Waals surface area contributed by atoms with Crippen molar-refractivity contribution in [1.29, 1.82) is 0 Å². The molecule has 0 atom stereocenters. The Kier molecular flexibility index (Phi) is 1.62. The Labute approximate surface area is 76.4 Å². The predicted octanol–water partition coefficient (Wildman–Crippen LogP) is 3.44. The first-order chi connectivity index (χ1) is 5.70. The van der Waals surface area contributed by atoms with Crippen molar-refractivity contribution in [1.82, 2.24) is 4.98 Å². The third-order valence-corrected chi connectivity index (χ3v) is 2.66. The van der Waals surface area contributed by atoms with Crippen molar-refractivity contribution in [3.8, 4) is 0 Å². The number of aromatic amines is 1. The van der Waals surface area contributed by atoms with Crippen molar-refractivity contribution < 1.29 is 0 Å². The number of halogens is 1. The summed E-state index contributed by atoms with van der Waals surface area (Å²) < 4.78 is 0. The maximum absolute atomic E-state index is 6.15. The first-order valence-electron chi connectivity index (χ1n) is 3.93. The average Bonchev–Trinajstić information content (AvgIpc) is 2.41. The quantitative estimate of drug-likeness (QED) is 0.638. The van der Waals surface area contributed by atoms with Crippen molar-refractivity contribution in [2.24, 2.45) is 0 Å². The molecule has 1 heterocycles. The number of H-pyrrole nitrogens is 1. The fraction of sp³-hybridized carbons (Fsp3) is 0.200. The molecule has 2 heteroatoms. The van der Waals surface area contributed by atoms with Crippen LogP contribution in [0.25, 0.3) is 10.9 Å². The molecule has 1 nitrogen and oxygen atoms in total. The van der Waals surface area contributed by atoms with Crippen molar-refractivity contribution in [2.75, 3.05) is 0 Å². The van der Waals surface area contributed by atoms with E-state index in [1.165, 1.54) is 5.56 Å². The molecule has 2 rings (SSSR count). The Bertz CT molecular complexity index is 429. The largest absolute Gasteiger partial charge is 0.361 e. The Morgan fingerprint density at radius 1 is 1.17 bits per heavy atom. The van der Waals surface area contributed by atoms with Crippen LogP contribution in [0.15, 0.2) is 18.3 Å². The molecule has 0 unspecified atom stereocenters. The highest BCUT2D eigenvalue weighted by Gasteiger charge is 2.05. The Morgan fingerprint density at radius 2 is 1.92 bits per heavy atom. The molecule has 1 aromatic heterocycles. The van der Waals surface area contributed by atoms with Crippen molar-refractivity contribution in [2.45, 2.75) is 13.8 Å². The van der Waals surface area contributed by atoms with E-state index in [-0.39, 0.29) is 0 Å². The number of rotatable bonds is 0. The lowest BCUT2D eigenvalue weighted by molar-refractivity contribution is 1.42. The fourth-order valence-corrected chi connectivity index (χ4v) is 1.76. The summed E-state index contributed by atoms with van der Waals surface area (Å²) in [7, 11) is 0. The van der Waals surface area contributed by atoms with E-state index in [4.69, 9.17) is 11.6 Å². The molecular formula is C10H10ClN. The Balaban J connectivity index is 2.96. The molecule has 1 aromatic carbocycles. The minimum Gasteiger partial charge on any atom is -0.361 e. The van der Waals surface area contributed by atoms with Gasteiger partial charge in [0.25, 0.3) is 0 Å². The molecule has 0 radical (unpaired) electrons. The van der Waals surface area contributed by atoms with Crippen molar-refractivity contribution in [3.63, 3.8) is 0 Å². The molecule has 0 bridgehead atoms. The first kappa shape index (κ1) is 7.69. The van der Waals surface area contributed by atoms with Crippen LogP contribution in [0.3, 0.4) is 0 Å². The molecule has 0 fully saturated rings. The van der Waals surface area contributed by atoms with Gasteiger partial charge in [0, 0.05) is 17.1 Å².